The summed E-state index contributed by atoms with van der Waals surface area (Å²) in [5, 5.41) is 6.04. The Morgan fingerprint density at radius 3 is 2.83 bits per heavy atom. The van der Waals surface area contributed by atoms with Gasteiger partial charge in [0.05, 0.1) is 4.47 Å². The van der Waals surface area contributed by atoms with E-state index in [-0.39, 0.29) is 11.9 Å². The second-order valence-corrected chi connectivity index (χ2v) is 5.81. The first-order valence-corrected chi connectivity index (χ1v) is 7.45. The van der Waals surface area contributed by atoms with Crippen LogP contribution >= 0.6 is 31.9 Å². The second kappa shape index (κ2) is 7.74. The highest BCUT2D eigenvalue weighted by molar-refractivity contribution is 9.11. The van der Waals surface area contributed by atoms with Gasteiger partial charge in [-0.3, -0.25) is 4.79 Å². The Hall–Kier alpha value is -0.620. The smallest absolute Gasteiger partial charge is 0.221 e. The number of amides is 1. The van der Waals surface area contributed by atoms with Gasteiger partial charge in [-0.25, -0.2) is 4.98 Å². The van der Waals surface area contributed by atoms with Gasteiger partial charge in [-0.15, -0.1) is 0 Å². The first-order chi connectivity index (χ1) is 8.52. The zero-order valence-corrected chi connectivity index (χ0v) is 13.6. The number of hydrogen-bond acceptors (Lipinski definition) is 3. The molecule has 1 unspecified atom stereocenters. The lowest BCUT2D eigenvalue weighted by molar-refractivity contribution is -0.121. The van der Waals surface area contributed by atoms with Crippen LogP contribution in [0.15, 0.2) is 21.2 Å². The van der Waals surface area contributed by atoms with E-state index in [1.165, 1.54) is 0 Å². The van der Waals surface area contributed by atoms with Crippen molar-refractivity contribution in [3.05, 3.63) is 21.2 Å². The molecule has 0 bridgehead atoms. The molecule has 18 heavy (non-hydrogen) atoms. The van der Waals surface area contributed by atoms with Gasteiger partial charge in [0, 0.05) is 29.7 Å². The molecule has 0 aliphatic rings. The Balaban J connectivity index is 2.35. The van der Waals surface area contributed by atoms with Crippen LogP contribution in [0.25, 0.3) is 0 Å². The van der Waals surface area contributed by atoms with Gasteiger partial charge in [0.1, 0.15) is 5.82 Å². The molecule has 6 heteroatoms. The topological polar surface area (TPSA) is 54.0 Å². The van der Waals surface area contributed by atoms with Gasteiger partial charge in [0.25, 0.3) is 0 Å². The van der Waals surface area contributed by atoms with Gasteiger partial charge in [-0.2, -0.15) is 0 Å². The summed E-state index contributed by atoms with van der Waals surface area (Å²) in [4.78, 5) is 15.8. The van der Waals surface area contributed by atoms with Crippen molar-refractivity contribution < 1.29 is 4.79 Å². The van der Waals surface area contributed by atoms with Crippen molar-refractivity contribution >= 4 is 43.6 Å². The van der Waals surface area contributed by atoms with Crippen LogP contribution in [0.2, 0.25) is 0 Å². The third-order valence-corrected chi connectivity index (χ3v) is 3.51. The van der Waals surface area contributed by atoms with E-state index < -0.39 is 0 Å². The number of nitrogens with zero attached hydrogens (tertiary/aromatic N) is 1. The minimum atomic E-state index is 0.0603. The van der Waals surface area contributed by atoms with E-state index >= 15 is 0 Å². The maximum absolute atomic E-state index is 11.6. The van der Waals surface area contributed by atoms with Crippen LogP contribution < -0.4 is 10.6 Å². The molecule has 1 aromatic heterocycles. The van der Waals surface area contributed by atoms with Crippen LogP contribution in [0, 0.1) is 0 Å². The van der Waals surface area contributed by atoms with Gasteiger partial charge in [-0.1, -0.05) is 6.92 Å². The molecule has 1 amide bonds. The van der Waals surface area contributed by atoms with Gasteiger partial charge < -0.3 is 10.6 Å². The number of halogens is 2. The minimum absolute atomic E-state index is 0.0603. The van der Waals surface area contributed by atoms with Crippen LogP contribution in [0.4, 0.5) is 5.82 Å². The Morgan fingerprint density at radius 2 is 2.22 bits per heavy atom. The Morgan fingerprint density at radius 1 is 1.50 bits per heavy atom. The van der Waals surface area contributed by atoms with Crippen LogP contribution in [0.1, 0.15) is 26.7 Å². The van der Waals surface area contributed by atoms with Crippen molar-refractivity contribution in [2.24, 2.45) is 0 Å². The van der Waals surface area contributed by atoms with Gasteiger partial charge >= 0.3 is 0 Å². The number of carbonyl (C=O) groups is 1. The Kier molecular flexibility index (Phi) is 6.63. The Bertz CT molecular complexity index is 412. The summed E-state index contributed by atoms with van der Waals surface area (Å²) in [7, 11) is 0. The lowest BCUT2D eigenvalue weighted by atomic mass is 10.2. The molecule has 0 aliphatic heterocycles. The summed E-state index contributed by atoms with van der Waals surface area (Å²) in [6.45, 7) is 4.61. The number of nitrogens with one attached hydrogen (secondary N) is 2. The van der Waals surface area contributed by atoms with Gasteiger partial charge in [-0.05, 0) is 51.3 Å². The van der Waals surface area contributed by atoms with E-state index in [0.29, 0.717) is 13.0 Å². The average molecular weight is 379 g/mol. The molecule has 0 saturated carbocycles. The molecular formula is C12H17Br2N3O. The summed E-state index contributed by atoms with van der Waals surface area (Å²) in [6, 6.07) is 2.14. The molecule has 0 spiro atoms. The number of rotatable bonds is 6. The molecular weight excluding hydrogens is 362 g/mol. The fourth-order valence-electron chi connectivity index (χ4n) is 1.29. The van der Waals surface area contributed by atoms with Gasteiger partial charge in [0.2, 0.25) is 5.91 Å². The lowest BCUT2D eigenvalue weighted by Crippen LogP contribution is -2.33. The van der Waals surface area contributed by atoms with Gasteiger partial charge in [0.15, 0.2) is 0 Å². The number of carbonyl (C=O) groups excluding carboxylic acids is 1. The van der Waals surface area contributed by atoms with Crippen LogP contribution in [-0.4, -0.2) is 23.5 Å². The number of pyridine rings is 1. The van der Waals surface area contributed by atoms with Crippen LogP contribution in [0.3, 0.4) is 0 Å². The van der Waals surface area contributed by atoms with Crippen molar-refractivity contribution in [1.82, 2.24) is 10.3 Å². The van der Waals surface area contributed by atoms with E-state index in [4.69, 9.17) is 0 Å². The molecule has 0 radical (unpaired) electrons. The zero-order valence-electron chi connectivity index (χ0n) is 10.5. The van der Waals surface area contributed by atoms with Crippen molar-refractivity contribution in [2.75, 3.05) is 11.9 Å². The third kappa shape index (κ3) is 5.35. The van der Waals surface area contributed by atoms with Crippen LogP contribution in [-0.2, 0) is 4.79 Å². The molecule has 1 atom stereocenters. The molecule has 1 rings (SSSR count). The summed E-state index contributed by atoms with van der Waals surface area (Å²) in [5.74, 6) is 0.805. The monoisotopic (exact) mass is 377 g/mol. The van der Waals surface area contributed by atoms with Crippen molar-refractivity contribution in [3.8, 4) is 0 Å². The highest BCUT2D eigenvalue weighted by atomic mass is 79.9. The first kappa shape index (κ1) is 15.4. The number of anilines is 1. The summed E-state index contributed by atoms with van der Waals surface area (Å²) in [5.41, 5.74) is 0. The SMILES string of the molecule is CCC(C)NC(=O)CCNc1ncc(Br)cc1Br. The van der Waals surface area contributed by atoms with Crippen molar-refractivity contribution in [2.45, 2.75) is 32.7 Å². The Labute approximate surface area is 124 Å². The van der Waals surface area contributed by atoms with Crippen molar-refractivity contribution in [1.29, 1.82) is 0 Å². The molecule has 0 fully saturated rings. The van der Waals surface area contributed by atoms with E-state index in [1.54, 1.807) is 6.20 Å². The predicted molar refractivity (Wildman–Crippen MR) is 80.6 cm³/mol. The molecule has 100 valence electrons. The molecule has 0 saturated heterocycles. The lowest BCUT2D eigenvalue weighted by Gasteiger charge is -2.12. The van der Waals surface area contributed by atoms with E-state index in [1.807, 2.05) is 19.9 Å². The second-order valence-electron chi connectivity index (χ2n) is 4.04. The maximum Gasteiger partial charge on any atom is 0.221 e. The van der Waals surface area contributed by atoms with E-state index in [2.05, 4.69) is 47.5 Å². The largest absolute Gasteiger partial charge is 0.369 e. The maximum atomic E-state index is 11.6. The summed E-state index contributed by atoms with van der Waals surface area (Å²) < 4.78 is 1.79. The molecule has 4 nitrogen and oxygen atoms in total. The normalized spacial score (nSPS) is 12.0. The average Bonchev–Trinajstić information content (AvgIpc) is 2.31. The molecule has 1 heterocycles. The molecule has 2 N–H and O–H groups in total. The number of aromatic nitrogens is 1. The number of hydrogen-bond donors (Lipinski definition) is 2. The molecule has 0 aromatic carbocycles. The first-order valence-electron chi connectivity index (χ1n) is 5.87. The molecule has 1 aromatic rings. The minimum Gasteiger partial charge on any atom is -0.369 e. The fraction of sp³-hybridized carbons (Fsp3) is 0.500. The summed E-state index contributed by atoms with van der Waals surface area (Å²) >= 11 is 6.75. The van der Waals surface area contributed by atoms with Crippen molar-refractivity contribution in [3.63, 3.8) is 0 Å². The fourth-order valence-corrected chi connectivity index (χ4v) is 2.42. The quantitative estimate of drug-likeness (QED) is 0.798. The predicted octanol–water partition coefficient (Wildman–Crippen LogP) is 3.32. The van der Waals surface area contributed by atoms with Crippen LogP contribution in [0.5, 0.6) is 0 Å². The third-order valence-electron chi connectivity index (χ3n) is 2.47. The standard InChI is InChI=1S/C12H17Br2N3O/c1-3-8(2)17-11(18)4-5-15-12-10(14)6-9(13)7-16-12/h6-8H,3-5H2,1-2H3,(H,15,16)(H,17,18). The molecule has 0 aliphatic carbocycles. The summed E-state index contributed by atoms with van der Waals surface area (Å²) in [6.07, 6.45) is 3.10. The highest BCUT2D eigenvalue weighted by Crippen LogP contribution is 2.23. The van der Waals surface area contributed by atoms with E-state index in [0.717, 1.165) is 21.2 Å². The van der Waals surface area contributed by atoms with E-state index in [9.17, 15) is 4.79 Å². The zero-order chi connectivity index (χ0) is 13.5. The highest BCUT2D eigenvalue weighted by Gasteiger charge is 2.06.